The SMILES string of the molecule is COc1ccc2c(c1)CCC1N=C(NC(=O)C3CCC(CNS(=O)(=O)c4ccccc4F)CC3)CC21. The highest BCUT2D eigenvalue weighted by molar-refractivity contribution is 7.89. The lowest BCUT2D eigenvalue weighted by Crippen LogP contribution is -2.38. The Morgan fingerprint density at radius 2 is 1.89 bits per heavy atom. The molecule has 36 heavy (non-hydrogen) atoms. The minimum atomic E-state index is -3.90. The number of aryl methyl sites for hydroxylation is 1. The van der Waals surface area contributed by atoms with Crippen molar-refractivity contribution in [1.29, 1.82) is 0 Å². The van der Waals surface area contributed by atoms with Gasteiger partial charge in [0.2, 0.25) is 15.9 Å². The molecule has 2 aromatic carbocycles. The number of nitrogens with one attached hydrogen (secondary N) is 2. The van der Waals surface area contributed by atoms with Crippen LogP contribution in [0, 0.1) is 17.7 Å². The van der Waals surface area contributed by atoms with Crippen LogP contribution in [0.5, 0.6) is 5.75 Å². The Hall–Kier alpha value is -2.78. The molecule has 2 aromatic rings. The maximum Gasteiger partial charge on any atom is 0.243 e. The van der Waals surface area contributed by atoms with Gasteiger partial charge in [0.1, 0.15) is 22.3 Å². The number of hydrogen-bond acceptors (Lipinski definition) is 5. The molecule has 1 fully saturated rings. The molecule has 2 unspecified atom stereocenters. The number of amides is 1. The van der Waals surface area contributed by atoms with Crippen LogP contribution >= 0.6 is 0 Å². The summed E-state index contributed by atoms with van der Waals surface area (Å²) in [6.45, 7) is 0.241. The molecule has 192 valence electrons. The molecule has 0 saturated heterocycles. The summed E-state index contributed by atoms with van der Waals surface area (Å²) in [4.78, 5) is 17.5. The molecule has 3 aliphatic rings. The molecule has 2 N–H and O–H groups in total. The van der Waals surface area contributed by atoms with Crippen molar-refractivity contribution in [3.63, 3.8) is 0 Å². The first-order chi connectivity index (χ1) is 17.3. The zero-order chi connectivity index (χ0) is 25.3. The van der Waals surface area contributed by atoms with Gasteiger partial charge in [-0.15, -0.1) is 0 Å². The van der Waals surface area contributed by atoms with Crippen molar-refractivity contribution in [3.05, 3.63) is 59.4 Å². The van der Waals surface area contributed by atoms with Crippen LogP contribution < -0.4 is 14.8 Å². The second kappa shape index (κ2) is 10.3. The van der Waals surface area contributed by atoms with E-state index in [-0.39, 0.29) is 35.2 Å². The Morgan fingerprint density at radius 1 is 1.11 bits per heavy atom. The lowest BCUT2D eigenvalue weighted by atomic mass is 9.79. The van der Waals surface area contributed by atoms with Crippen LogP contribution in [0.15, 0.2) is 52.4 Å². The van der Waals surface area contributed by atoms with Gasteiger partial charge in [0, 0.05) is 24.8 Å². The topological polar surface area (TPSA) is 96.9 Å². The van der Waals surface area contributed by atoms with Crippen LogP contribution in [0.2, 0.25) is 0 Å². The third-order valence-electron chi connectivity index (χ3n) is 7.83. The summed E-state index contributed by atoms with van der Waals surface area (Å²) in [5.41, 5.74) is 2.61. The molecule has 1 heterocycles. The summed E-state index contributed by atoms with van der Waals surface area (Å²) in [5.74, 6) is 1.21. The first-order valence-electron chi connectivity index (χ1n) is 12.6. The Balaban J connectivity index is 1.11. The van der Waals surface area contributed by atoms with E-state index in [2.05, 4.69) is 22.2 Å². The molecule has 2 atom stereocenters. The Bertz CT molecular complexity index is 1270. The average molecular weight is 514 g/mol. The highest BCUT2D eigenvalue weighted by atomic mass is 32.2. The molecular formula is C27H32FN3O4S. The number of methoxy groups -OCH3 is 1. The van der Waals surface area contributed by atoms with Crippen LogP contribution in [-0.2, 0) is 21.2 Å². The van der Waals surface area contributed by atoms with E-state index in [0.717, 1.165) is 49.8 Å². The minimum absolute atomic E-state index is 0.00717. The normalized spacial score (nSPS) is 25.4. The number of nitrogens with zero attached hydrogens (tertiary/aromatic N) is 1. The van der Waals surface area contributed by atoms with Crippen molar-refractivity contribution in [2.45, 2.75) is 61.8 Å². The number of rotatable bonds is 6. The molecule has 0 radical (unpaired) electrons. The number of amidine groups is 1. The minimum Gasteiger partial charge on any atom is -0.497 e. The molecule has 7 nitrogen and oxygen atoms in total. The second-order valence-corrected chi connectivity index (χ2v) is 11.8. The Kier molecular flexibility index (Phi) is 7.12. The molecule has 0 bridgehead atoms. The predicted octanol–water partition coefficient (Wildman–Crippen LogP) is 3.94. The molecule has 2 aliphatic carbocycles. The van der Waals surface area contributed by atoms with Gasteiger partial charge in [-0.05, 0) is 79.8 Å². The number of aliphatic imine (C=N–C) groups is 1. The van der Waals surface area contributed by atoms with Crippen molar-refractivity contribution in [2.24, 2.45) is 16.8 Å². The number of carbonyl (C=O) groups is 1. The van der Waals surface area contributed by atoms with Gasteiger partial charge >= 0.3 is 0 Å². The van der Waals surface area contributed by atoms with E-state index in [1.807, 2.05) is 6.07 Å². The van der Waals surface area contributed by atoms with Gasteiger partial charge in [-0.1, -0.05) is 18.2 Å². The van der Waals surface area contributed by atoms with Crippen LogP contribution in [0.4, 0.5) is 4.39 Å². The van der Waals surface area contributed by atoms with Crippen molar-refractivity contribution < 1.29 is 22.3 Å². The number of hydrogen-bond donors (Lipinski definition) is 2. The van der Waals surface area contributed by atoms with Crippen molar-refractivity contribution in [1.82, 2.24) is 10.0 Å². The summed E-state index contributed by atoms with van der Waals surface area (Å²) in [5, 5.41) is 3.09. The van der Waals surface area contributed by atoms with Gasteiger partial charge in [0.15, 0.2) is 0 Å². The van der Waals surface area contributed by atoms with Crippen molar-refractivity contribution >= 4 is 21.8 Å². The van der Waals surface area contributed by atoms with E-state index >= 15 is 0 Å². The molecule has 0 spiro atoms. The first-order valence-corrected chi connectivity index (χ1v) is 14.1. The van der Waals surface area contributed by atoms with E-state index in [4.69, 9.17) is 9.73 Å². The largest absolute Gasteiger partial charge is 0.497 e. The summed E-state index contributed by atoms with van der Waals surface area (Å²) in [7, 11) is -2.22. The van der Waals surface area contributed by atoms with Gasteiger partial charge in [-0.2, -0.15) is 0 Å². The number of ether oxygens (including phenoxy) is 1. The van der Waals surface area contributed by atoms with Gasteiger partial charge in [0.05, 0.1) is 13.2 Å². The van der Waals surface area contributed by atoms with Crippen LogP contribution in [0.25, 0.3) is 0 Å². The van der Waals surface area contributed by atoms with Gasteiger partial charge in [-0.25, -0.2) is 17.5 Å². The highest BCUT2D eigenvalue weighted by Crippen LogP contribution is 2.41. The fourth-order valence-corrected chi connectivity index (χ4v) is 6.98. The Morgan fingerprint density at radius 3 is 2.64 bits per heavy atom. The first kappa shape index (κ1) is 24.9. The maximum absolute atomic E-state index is 13.9. The smallest absolute Gasteiger partial charge is 0.243 e. The molecule has 9 heteroatoms. The van der Waals surface area contributed by atoms with E-state index in [9.17, 15) is 17.6 Å². The average Bonchev–Trinajstić information content (AvgIpc) is 3.30. The molecule has 5 rings (SSSR count). The quantitative estimate of drug-likeness (QED) is 0.612. The van der Waals surface area contributed by atoms with E-state index in [1.165, 1.54) is 29.3 Å². The number of sulfonamides is 1. The van der Waals surface area contributed by atoms with E-state index in [1.54, 1.807) is 7.11 Å². The third kappa shape index (κ3) is 5.18. The lowest BCUT2D eigenvalue weighted by Gasteiger charge is -2.28. The summed E-state index contributed by atoms with van der Waals surface area (Å²) >= 11 is 0. The number of fused-ring (bicyclic) bond motifs is 3. The summed E-state index contributed by atoms with van der Waals surface area (Å²) < 4.78 is 46.7. The molecule has 1 aliphatic heterocycles. The van der Waals surface area contributed by atoms with Crippen LogP contribution in [0.1, 0.15) is 55.6 Å². The van der Waals surface area contributed by atoms with Crippen LogP contribution in [0.3, 0.4) is 0 Å². The third-order valence-corrected chi connectivity index (χ3v) is 9.29. The molecular weight excluding hydrogens is 481 g/mol. The molecule has 0 aromatic heterocycles. The number of halogens is 1. The van der Waals surface area contributed by atoms with Gasteiger partial charge in [-0.3, -0.25) is 9.79 Å². The highest BCUT2D eigenvalue weighted by Gasteiger charge is 2.36. The number of carbonyl (C=O) groups excluding carboxylic acids is 1. The van der Waals surface area contributed by atoms with Crippen LogP contribution in [-0.4, -0.2) is 39.9 Å². The zero-order valence-corrected chi connectivity index (χ0v) is 21.2. The fraction of sp³-hybridized carbons (Fsp3) is 0.481. The van der Waals surface area contributed by atoms with Gasteiger partial charge < -0.3 is 10.1 Å². The standard InChI is InChI=1S/C27H32FN3O4S/c1-35-20-11-12-21-19(14-20)10-13-24-22(21)15-26(30-24)31-27(32)18-8-6-17(7-9-18)16-29-36(33,34)25-5-3-2-4-23(25)28/h2-5,11-12,14,17-18,22,24,29H,6-10,13,15-16H2,1H3,(H,30,31,32). The second-order valence-electron chi connectivity index (χ2n) is 10.0. The predicted molar refractivity (Wildman–Crippen MR) is 135 cm³/mol. The van der Waals surface area contributed by atoms with E-state index in [0.29, 0.717) is 18.8 Å². The van der Waals surface area contributed by atoms with Crippen molar-refractivity contribution in [3.8, 4) is 5.75 Å². The Labute approximate surface area is 211 Å². The monoisotopic (exact) mass is 513 g/mol. The number of benzene rings is 2. The zero-order valence-electron chi connectivity index (χ0n) is 20.4. The summed E-state index contributed by atoms with van der Waals surface area (Å²) in [6, 6.07) is 11.8. The molecule has 1 amide bonds. The van der Waals surface area contributed by atoms with E-state index < -0.39 is 15.8 Å². The maximum atomic E-state index is 13.9. The summed E-state index contributed by atoms with van der Waals surface area (Å²) in [6.07, 6.45) is 5.54. The lowest BCUT2D eigenvalue weighted by molar-refractivity contribution is -0.124. The van der Waals surface area contributed by atoms with Gasteiger partial charge in [0.25, 0.3) is 0 Å². The van der Waals surface area contributed by atoms with Crippen molar-refractivity contribution in [2.75, 3.05) is 13.7 Å². The fourth-order valence-electron chi connectivity index (χ4n) is 5.79. The molecule has 1 saturated carbocycles.